The highest BCUT2D eigenvalue weighted by molar-refractivity contribution is 5.94. The van der Waals surface area contributed by atoms with E-state index in [0.29, 0.717) is 30.3 Å². The van der Waals surface area contributed by atoms with E-state index in [2.05, 4.69) is 24.1 Å². The van der Waals surface area contributed by atoms with Gasteiger partial charge in [-0.1, -0.05) is 39.5 Å². The van der Waals surface area contributed by atoms with Crippen molar-refractivity contribution < 1.29 is 18.7 Å². The lowest BCUT2D eigenvalue weighted by Gasteiger charge is -2.21. The summed E-state index contributed by atoms with van der Waals surface area (Å²) in [6.45, 7) is 5.67. The van der Waals surface area contributed by atoms with Crippen LogP contribution in [-0.4, -0.2) is 41.9 Å². The normalized spacial score (nSPS) is 10.6. The predicted molar refractivity (Wildman–Crippen MR) is 116 cm³/mol. The monoisotopic (exact) mass is 415 g/mol. The molecule has 0 fully saturated rings. The molecule has 1 aromatic carbocycles. The highest BCUT2D eigenvalue weighted by atomic mass is 16.5. The van der Waals surface area contributed by atoms with E-state index in [1.165, 1.54) is 6.26 Å². The zero-order valence-corrected chi connectivity index (χ0v) is 18.3. The van der Waals surface area contributed by atoms with Gasteiger partial charge in [0.15, 0.2) is 5.69 Å². The Balaban J connectivity index is 2.04. The Morgan fingerprint density at radius 2 is 1.77 bits per heavy atom. The van der Waals surface area contributed by atoms with Crippen LogP contribution in [0.1, 0.15) is 79.1 Å². The highest BCUT2D eigenvalue weighted by Gasteiger charge is 2.20. The van der Waals surface area contributed by atoms with Gasteiger partial charge in [-0.05, 0) is 37.1 Å². The number of nitrogens with one attached hydrogen (secondary N) is 1. The number of carbonyl (C=O) groups excluding carboxylic acids is 2. The second-order valence-corrected chi connectivity index (χ2v) is 7.25. The summed E-state index contributed by atoms with van der Waals surface area (Å²) >= 11 is 0. The van der Waals surface area contributed by atoms with Crippen LogP contribution in [0, 0.1) is 0 Å². The fraction of sp³-hybridized carbons (Fsp3) is 0.522. The third kappa shape index (κ3) is 7.21. The Morgan fingerprint density at radius 1 is 1.07 bits per heavy atom. The van der Waals surface area contributed by atoms with E-state index in [9.17, 15) is 9.59 Å². The zero-order chi connectivity index (χ0) is 21.8. The van der Waals surface area contributed by atoms with Crippen molar-refractivity contribution in [2.24, 2.45) is 0 Å². The average Bonchev–Trinajstić information content (AvgIpc) is 3.24. The summed E-state index contributed by atoms with van der Waals surface area (Å²) in [6, 6.07) is 7.03. The van der Waals surface area contributed by atoms with E-state index >= 15 is 0 Å². The summed E-state index contributed by atoms with van der Waals surface area (Å²) in [5.74, 6) is 0.705. The molecule has 0 saturated carbocycles. The van der Waals surface area contributed by atoms with E-state index in [-0.39, 0.29) is 24.1 Å². The van der Waals surface area contributed by atoms with Gasteiger partial charge in [-0.15, -0.1) is 0 Å². The number of benzene rings is 1. The van der Waals surface area contributed by atoms with Gasteiger partial charge in [0.05, 0.1) is 13.7 Å². The third-order valence-corrected chi connectivity index (χ3v) is 4.83. The molecule has 0 aliphatic heterocycles. The van der Waals surface area contributed by atoms with Crippen LogP contribution in [0.4, 0.5) is 0 Å². The summed E-state index contributed by atoms with van der Waals surface area (Å²) in [7, 11) is 1.59. The maximum Gasteiger partial charge on any atom is 0.273 e. The second kappa shape index (κ2) is 12.7. The summed E-state index contributed by atoms with van der Waals surface area (Å²) in [5, 5.41) is 2.85. The molecule has 0 saturated heterocycles. The van der Waals surface area contributed by atoms with Crippen LogP contribution in [-0.2, 0) is 6.54 Å². The first-order valence-electron chi connectivity index (χ1n) is 10.7. The van der Waals surface area contributed by atoms with Gasteiger partial charge in [0.1, 0.15) is 12.0 Å². The van der Waals surface area contributed by atoms with E-state index in [1.54, 1.807) is 36.3 Å². The minimum absolute atomic E-state index is 0.0995. The molecule has 0 spiro atoms. The molecule has 0 atom stereocenters. The average molecular weight is 416 g/mol. The summed E-state index contributed by atoms with van der Waals surface area (Å²) in [5.41, 5.74) is 0.819. The van der Waals surface area contributed by atoms with Gasteiger partial charge >= 0.3 is 0 Å². The number of amides is 2. The SMILES string of the molecule is CCCCCNC(=O)c1coc(CN(CCCCC)C(=O)c2ccc(OC)cc2)n1. The topological polar surface area (TPSA) is 84.7 Å². The van der Waals surface area contributed by atoms with Crippen LogP contribution < -0.4 is 10.1 Å². The van der Waals surface area contributed by atoms with Crippen molar-refractivity contribution in [1.82, 2.24) is 15.2 Å². The lowest BCUT2D eigenvalue weighted by Crippen LogP contribution is -2.32. The largest absolute Gasteiger partial charge is 0.497 e. The summed E-state index contributed by atoms with van der Waals surface area (Å²) in [4.78, 5) is 31.2. The van der Waals surface area contributed by atoms with E-state index in [0.717, 1.165) is 38.5 Å². The number of oxazole rings is 1. The van der Waals surface area contributed by atoms with Crippen molar-refractivity contribution in [2.75, 3.05) is 20.2 Å². The smallest absolute Gasteiger partial charge is 0.273 e. The molecule has 1 aromatic heterocycles. The van der Waals surface area contributed by atoms with Crippen LogP contribution in [0.3, 0.4) is 0 Å². The van der Waals surface area contributed by atoms with Crippen molar-refractivity contribution in [1.29, 1.82) is 0 Å². The molecule has 0 radical (unpaired) electrons. The van der Waals surface area contributed by atoms with E-state index in [4.69, 9.17) is 9.15 Å². The number of aromatic nitrogens is 1. The molecule has 2 amide bonds. The Kier molecular flexibility index (Phi) is 9.91. The van der Waals surface area contributed by atoms with Crippen molar-refractivity contribution in [3.8, 4) is 5.75 Å². The number of rotatable bonds is 13. The standard InChI is InChI=1S/C23H33N3O4/c1-4-6-8-14-24-22(27)20-17-30-21(25-20)16-26(15-9-7-5-2)23(28)18-10-12-19(29-3)13-11-18/h10-13,17H,4-9,14-16H2,1-3H3,(H,24,27). The molecule has 0 unspecified atom stereocenters. The third-order valence-electron chi connectivity index (χ3n) is 4.83. The maximum atomic E-state index is 13.0. The first kappa shape index (κ1) is 23.4. The summed E-state index contributed by atoms with van der Waals surface area (Å²) in [6.07, 6.45) is 7.45. The molecular formula is C23H33N3O4. The van der Waals surface area contributed by atoms with Gasteiger partial charge in [0.25, 0.3) is 11.8 Å². The Morgan fingerprint density at radius 3 is 2.43 bits per heavy atom. The molecule has 7 nitrogen and oxygen atoms in total. The molecular weight excluding hydrogens is 382 g/mol. The Bertz CT molecular complexity index is 786. The fourth-order valence-corrected chi connectivity index (χ4v) is 3.04. The first-order chi connectivity index (χ1) is 14.6. The summed E-state index contributed by atoms with van der Waals surface area (Å²) < 4.78 is 10.7. The number of unbranched alkanes of at least 4 members (excludes halogenated alkanes) is 4. The first-order valence-corrected chi connectivity index (χ1v) is 10.7. The lowest BCUT2D eigenvalue weighted by molar-refractivity contribution is 0.0725. The highest BCUT2D eigenvalue weighted by Crippen LogP contribution is 2.16. The maximum absolute atomic E-state index is 13.0. The molecule has 7 heteroatoms. The number of hydrogen-bond acceptors (Lipinski definition) is 5. The fourth-order valence-electron chi connectivity index (χ4n) is 3.04. The van der Waals surface area contributed by atoms with Gasteiger partial charge in [-0.25, -0.2) is 4.98 Å². The zero-order valence-electron chi connectivity index (χ0n) is 18.3. The lowest BCUT2D eigenvalue weighted by atomic mass is 10.1. The second-order valence-electron chi connectivity index (χ2n) is 7.25. The van der Waals surface area contributed by atoms with Crippen LogP contribution in [0.5, 0.6) is 5.75 Å². The molecule has 2 aromatic rings. The molecule has 0 aliphatic rings. The molecule has 1 N–H and O–H groups in total. The molecule has 1 heterocycles. The number of nitrogens with zero attached hydrogens (tertiary/aromatic N) is 2. The van der Waals surface area contributed by atoms with Crippen LogP contribution in [0.2, 0.25) is 0 Å². The van der Waals surface area contributed by atoms with Gasteiger partial charge < -0.3 is 19.4 Å². The Labute approximate surface area is 178 Å². The van der Waals surface area contributed by atoms with E-state index < -0.39 is 0 Å². The van der Waals surface area contributed by atoms with Crippen molar-refractivity contribution in [3.63, 3.8) is 0 Å². The predicted octanol–water partition coefficient (Wildman–Crippen LogP) is 4.44. The van der Waals surface area contributed by atoms with Crippen molar-refractivity contribution in [3.05, 3.63) is 47.7 Å². The number of carbonyl (C=O) groups is 2. The van der Waals surface area contributed by atoms with Gasteiger partial charge in [-0.3, -0.25) is 9.59 Å². The minimum atomic E-state index is -0.250. The van der Waals surface area contributed by atoms with Crippen LogP contribution in [0.15, 0.2) is 34.9 Å². The van der Waals surface area contributed by atoms with Crippen molar-refractivity contribution in [2.45, 2.75) is 58.9 Å². The van der Waals surface area contributed by atoms with Gasteiger partial charge in [-0.2, -0.15) is 0 Å². The van der Waals surface area contributed by atoms with Crippen LogP contribution in [0.25, 0.3) is 0 Å². The molecule has 0 bridgehead atoms. The number of hydrogen-bond donors (Lipinski definition) is 1. The van der Waals surface area contributed by atoms with E-state index in [1.807, 2.05) is 0 Å². The van der Waals surface area contributed by atoms with Gasteiger partial charge in [0, 0.05) is 18.7 Å². The molecule has 164 valence electrons. The molecule has 0 aliphatic carbocycles. The Hall–Kier alpha value is -2.83. The minimum Gasteiger partial charge on any atom is -0.497 e. The number of ether oxygens (including phenoxy) is 1. The quantitative estimate of drug-likeness (QED) is 0.489. The van der Waals surface area contributed by atoms with Crippen LogP contribution >= 0.6 is 0 Å². The molecule has 2 rings (SSSR count). The molecule has 30 heavy (non-hydrogen) atoms. The number of methoxy groups -OCH3 is 1. The van der Waals surface area contributed by atoms with Crippen molar-refractivity contribution >= 4 is 11.8 Å². The van der Waals surface area contributed by atoms with Gasteiger partial charge in [0.2, 0.25) is 5.89 Å².